The van der Waals surface area contributed by atoms with Crippen molar-refractivity contribution in [3.63, 3.8) is 0 Å². The molecule has 0 spiro atoms. The zero-order valence-corrected chi connectivity index (χ0v) is 10.5. The first kappa shape index (κ1) is 11.7. The molecule has 92 valence electrons. The van der Waals surface area contributed by atoms with Crippen molar-refractivity contribution in [2.45, 2.75) is 45.8 Å². The lowest BCUT2D eigenvalue weighted by Gasteiger charge is -2.56. The van der Waals surface area contributed by atoms with Gasteiger partial charge in [0.25, 0.3) is 0 Å². The monoisotopic (exact) mass is 226 g/mol. The predicted octanol–water partition coefficient (Wildman–Crippen LogP) is 1.61. The van der Waals surface area contributed by atoms with E-state index in [0.29, 0.717) is 12.1 Å². The summed E-state index contributed by atoms with van der Waals surface area (Å²) in [6, 6.07) is 0.434. The number of amides is 2. The average molecular weight is 226 g/mol. The highest BCUT2D eigenvalue weighted by Crippen LogP contribution is 2.46. The molecule has 2 aliphatic rings. The molecule has 1 saturated heterocycles. The van der Waals surface area contributed by atoms with Gasteiger partial charge in [-0.25, -0.2) is 4.79 Å². The third kappa shape index (κ3) is 1.79. The lowest BCUT2D eigenvalue weighted by Crippen LogP contribution is -2.66. The summed E-state index contributed by atoms with van der Waals surface area (Å²) in [5.41, 5.74) is 0.0880. The highest BCUT2D eigenvalue weighted by atomic mass is 16.5. The molecule has 0 bridgehead atoms. The molecular formula is C12H22N2O2. The lowest BCUT2D eigenvalue weighted by molar-refractivity contribution is -0.140. The number of hydrogen-bond donors (Lipinski definition) is 1. The Hall–Kier alpha value is -0.770. The van der Waals surface area contributed by atoms with Crippen LogP contribution < -0.4 is 5.32 Å². The number of carbonyl (C=O) groups is 1. The zero-order valence-electron chi connectivity index (χ0n) is 10.5. The molecule has 2 rings (SSSR count). The van der Waals surface area contributed by atoms with Crippen molar-refractivity contribution in [2.24, 2.45) is 5.41 Å². The second-order valence-corrected chi connectivity index (χ2v) is 5.30. The Morgan fingerprint density at radius 1 is 1.56 bits per heavy atom. The van der Waals surface area contributed by atoms with E-state index >= 15 is 0 Å². The van der Waals surface area contributed by atoms with Gasteiger partial charge in [0.2, 0.25) is 0 Å². The predicted molar refractivity (Wildman–Crippen MR) is 62.3 cm³/mol. The highest BCUT2D eigenvalue weighted by molar-refractivity contribution is 5.75. The van der Waals surface area contributed by atoms with E-state index in [1.54, 1.807) is 0 Å². The van der Waals surface area contributed by atoms with Crippen LogP contribution >= 0.6 is 0 Å². The SMILES string of the molecule is CCOC1CC(N2CCCNC2=O)C1(C)C. The molecule has 2 amide bonds. The fraction of sp³-hybridized carbons (Fsp3) is 0.917. The molecule has 16 heavy (non-hydrogen) atoms. The summed E-state index contributed by atoms with van der Waals surface area (Å²) in [7, 11) is 0. The van der Waals surface area contributed by atoms with Gasteiger partial charge in [0.1, 0.15) is 0 Å². The number of nitrogens with zero attached hydrogens (tertiary/aromatic N) is 1. The summed E-state index contributed by atoms with van der Waals surface area (Å²) in [6.45, 7) is 8.88. The molecule has 1 N–H and O–H groups in total. The molecule has 1 aliphatic carbocycles. The second kappa shape index (κ2) is 4.24. The first-order valence-electron chi connectivity index (χ1n) is 6.23. The number of ether oxygens (including phenoxy) is 1. The van der Waals surface area contributed by atoms with E-state index in [4.69, 9.17) is 4.74 Å². The van der Waals surface area contributed by atoms with E-state index in [-0.39, 0.29) is 11.4 Å². The normalized spacial score (nSPS) is 33.2. The average Bonchev–Trinajstić information content (AvgIpc) is 2.25. The summed E-state index contributed by atoms with van der Waals surface area (Å²) in [5, 5.41) is 2.91. The summed E-state index contributed by atoms with van der Waals surface area (Å²) >= 11 is 0. The van der Waals surface area contributed by atoms with Gasteiger partial charge in [-0.2, -0.15) is 0 Å². The van der Waals surface area contributed by atoms with E-state index in [1.807, 2.05) is 11.8 Å². The molecule has 0 aromatic rings. The summed E-state index contributed by atoms with van der Waals surface area (Å²) in [4.78, 5) is 13.7. The second-order valence-electron chi connectivity index (χ2n) is 5.30. The Bertz CT molecular complexity index is 278. The molecule has 0 radical (unpaired) electrons. The number of hydrogen-bond acceptors (Lipinski definition) is 2. The summed E-state index contributed by atoms with van der Waals surface area (Å²) in [6.07, 6.45) is 2.34. The van der Waals surface area contributed by atoms with Crippen LogP contribution in [0.25, 0.3) is 0 Å². The Labute approximate surface area is 97.3 Å². The van der Waals surface area contributed by atoms with Crippen LogP contribution in [0.4, 0.5) is 4.79 Å². The van der Waals surface area contributed by atoms with Crippen LogP contribution in [0, 0.1) is 5.41 Å². The molecule has 0 aromatic carbocycles. The molecule has 4 nitrogen and oxygen atoms in total. The van der Waals surface area contributed by atoms with Gasteiger partial charge >= 0.3 is 6.03 Å². The van der Waals surface area contributed by atoms with Crippen LogP contribution in [-0.4, -0.2) is 42.8 Å². The van der Waals surface area contributed by atoms with E-state index < -0.39 is 0 Å². The maximum atomic E-state index is 11.8. The Morgan fingerprint density at radius 2 is 2.31 bits per heavy atom. The van der Waals surface area contributed by atoms with Crippen LogP contribution in [0.3, 0.4) is 0 Å². The highest BCUT2D eigenvalue weighted by Gasteiger charge is 2.52. The summed E-state index contributed by atoms with van der Waals surface area (Å²) in [5.74, 6) is 0. The molecule has 1 saturated carbocycles. The van der Waals surface area contributed by atoms with Crippen molar-refractivity contribution < 1.29 is 9.53 Å². The van der Waals surface area contributed by atoms with Gasteiger partial charge in [0.05, 0.1) is 6.10 Å². The molecule has 0 aromatic heterocycles. The van der Waals surface area contributed by atoms with Crippen LogP contribution in [-0.2, 0) is 4.74 Å². The van der Waals surface area contributed by atoms with Gasteiger partial charge in [0.15, 0.2) is 0 Å². The smallest absolute Gasteiger partial charge is 0.317 e. The van der Waals surface area contributed by atoms with E-state index in [2.05, 4.69) is 19.2 Å². The molecule has 2 unspecified atom stereocenters. The minimum Gasteiger partial charge on any atom is -0.378 e. The van der Waals surface area contributed by atoms with Gasteiger partial charge in [-0.1, -0.05) is 13.8 Å². The standard InChI is InChI=1S/C12H22N2O2/c1-4-16-10-8-9(12(10,2)3)14-7-5-6-13-11(14)15/h9-10H,4-8H2,1-3H3,(H,13,15). The van der Waals surface area contributed by atoms with Crippen molar-refractivity contribution in [3.05, 3.63) is 0 Å². The Balaban J connectivity index is 1.99. The molecular weight excluding hydrogens is 204 g/mol. The van der Waals surface area contributed by atoms with Crippen molar-refractivity contribution in [2.75, 3.05) is 19.7 Å². The minimum atomic E-state index is 0.0880. The molecule has 4 heteroatoms. The topological polar surface area (TPSA) is 41.6 Å². The quantitative estimate of drug-likeness (QED) is 0.794. The number of urea groups is 1. The Morgan fingerprint density at radius 3 is 2.88 bits per heavy atom. The van der Waals surface area contributed by atoms with Crippen LogP contribution in [0.1, 0.15) is 33.6 Å². The van der Waals surface area contributed by atoms with E-state index in [0.717, 1.165) is 32.5 Å². The summed E-state index contributed by atoms with van der Waals surface area (Å²) < 4.78 is 5.69. The number of carbonyl (C=O) groups excluding carboxylic acids is 1. The van der Waals surface area contributed by atoms with Gasteiger partial charge in [-0.15, -0.1) is 0 Å². The largest absolute Gasteiger partial charge is 0.378 e. The fourth-order valence-electron chi connectivity index (χ4n) is 2.82. The zero-order chi connectivity index (χ0) is 11.8. The maximum Gasteiger partial charge on any atom is 0.317 e. The third-order valence-electron chi connectivity index (χ3n) is 3.98. The lowest BCUT2D eigenvalue weighted by atomic mass is 9.63. The van der Waals surface area contributed by atoms with Gasteiger partial charge in [0, 0.05) is 31.2 Å². The third-order valence-corrected chi connectivity index (χ3v) is 3.98. The van der Waals surface area contributed by atoms with E-state index in [9.17, 15) is 4.79 Å². The van der Waals surface area contributed by atoms with E-state index in [1.165, 1.54) is 0 Å². The molecule has 1 heterocycles. The van der Waals surface area contributed by atoms with Crippen molar-refractivity contribution >= 4 is 6.03 Å². The number of nitrogens with one attached hydrogen (secondary N) is 1. The van der Waals surface area contributed by atoms with Gasteiger partial charge in [-0.05, 0) is 19.8 Å². The van der Waals surface area contributed by atoms with Crippen LogP contribution in [0.15, 0.2) is 0 Å². The first-order valence-corrected chi connectivity index (χ1v) is 6.23. The van der Waals surface area contributed by atoms with Gasteiger partial charge in [-0.3, -0.25) is 0 Å². The molecule has 2 atom stereocenters. The van der Waals surface area contributed by atoms with Gasteiger partial charge < -0.3 is 15.0 Å². The maximum absolute atomic E-state index is 11.8. The van der Waals surface area contributed by atoms with Crippen LogP contribution in [0.2, 0.25) is 0 Å². The molecule has 2 fully saturated rings. The van der Waals surface area contributed by atoms with Crippen LogP contribution in [0.5, 0.6) is 0 Å². The first-order chi connectivity index (χ1) is 7.57. The Kier molecular flexibility index (Phi) is 3.10. The number of rotatable bonds is 3. The molecule has 1 aliphatic heterocycles. The van der Waals surface area contributed by atoms with Crippen molar-refractivity contribution in [1.29, 1.82) is 0 Å². The minimum absolute atomic E-state index is 0.0880. The van der Waals surface area contributed by atoms with Crippen molar-refractivity contribution in [1.82, 2.24) is 10.2 Å². The van der Waals surface area contributed by atoms with Crippen molar-refractivity contribution in [3.8, 4) is 0 Å². The fourth-order valence-corrected chi connectivity index (χ4v) is 2.82.